The molecule has 4 saturated carbocycles. The number of thiazole rings is 1. The second kappa shape index (κ2) is 15.5. The Labute approximate surface area is 367 Å². The van der Waals surface area contributed by atoms with E-state index in [1.54, 1.807) is 48.8 Å². The van der Waals surface area contributed by atoms with Crippen LogP contribution in [0, 0.1) is 23.2 Å². The molecule has 4 heterocycles. The number of para-hydroxylation sites is 1. The molecular formula is C45H47N7O9S2. The number of amides is 2. The summed E-state index contributed by atoms with van der Waals surface area (Å²) in [6, 6.07) is 18.2. The molecule has 63 heavy (non-hydrogen) atoms. The van der Waals surface area contributed by atoms with E-state index >= 15 is 0 Å². The Morgan fingerprint density at radius 3 is 2.38 bits per heavy atom. The summed E-state index contributed by atoms with van der Waals surface area (Å²) in [5.74, 6) is -2.24. The van der Waals surface area contributed by atoms with Gasteiger partial charge in [-0.15, -0.1) is 0 Å². The lowest BCUT2D eigenvalue weighted by molar-refractivity contribution is -0.248. The van der Waals surface area contributed by atoms with E-state index in [0.717, 1.165) is 59.3 Å². The number of nitrogens with one attached hydrogen (secondary N) is 1. The first kappa shape index (κ1) is 42.5. The quantitative estimate of drug-likeness (QED) is 0.0761. The Morgan fingerprint density at radius 2 is 1.67 bits per heavy atom. The molecule has 2 aromatic carbocycles. The topological polar surface area (TPSA) is 227 Å². The monoisotopic (exact) mass is 893 g/mol. The number of carbonyl (C=O) groups is 3. The Bertz CT molecular complexity index is 2900. The molecule has 4 N–H and O–H groups in total. The minimum Gasteiger partial charge on any atom is -0.476 e. The molecule has 2 amide bonds. The highest BCUT2D eigenvalue weighted by molar-refractivity contribution is 7.85. The molecule has 0 aliphatic heterocycles. The van der Waals surface area contributed by atoms with Crippen LogP contribution in [-0.4, -0.2) is 102 Å². The van der Waals surface area contributed by atoms with Crippen LogP contribution in [-0.2, 0) is 21.4 Å². The number of rotatable bonds is 14. The molecular weight excluding hydrogens is 847 g/mol. The van der Waals surface area contributed by atoms with Crippen molar-refractivity contribution in [2.24, 2.45) is 16.2 Å². The fourth-order valence-electron chi connectivity index (χ4n) is 11.8. The van der Waals surface area contributed by atoms with Crippen molar-refractivity contribution >= 4 is 65.7 Å². The summed E-state index contributed by atoms with van der Waals surface area (Å²) in [6.07, 6.45) is 7.31. The van der Waals surface area contributed by atoms with Gasteiger partial charge < -0.3 is 19.8 Å². The maximum Gasteiger partial charge on any atom is 0.407 e. The van der Waals surface area contributed by atoms with Crippen molar-refractivity contribution in [3.05, 3.63) is 90.0 Å². The van der Waals surface area contributed by atoms with E-state index < -0.39 is 33.5 Å². The Balaban J connectivity index is 0.959. The number of ether oxygens (including phenoxy) is 1. The zero-order valence-corrected chi connectivity index (χ0v) is 36.6. The molecule has 10 rings (SSSR count). The van der Waals surface area contributed by atoms with Gasteiger partial charge in [0.1, 0.15) is 0 Å². The van der Waals surface area contributed by atoms with Gasteiger partial charge in [0.05, 0.1) is 51.1 Å². The number of aromatic carboxylic acids is 1. The third-order valence-electron chi connectivity index (χ3n) is 13.1. The van der Waals surface area contributed by atoms with E-state index in [9.17, 15) is 37.6 Å². The van der Waals surface area contributed by atoms with E-state index in [0.29, 0.717) is 50.5 Å². The first-order chi connectivity index (χ1) is 29.8. The zero-order chi connectivity index (χ0) is 44.5. The molecule has 6 aromatic rings. The minimum absolute atomic E-state index is 0.0269. The molecule has 4 aliphatic carbocycles. The normalized spacial score (nSPS) is 23.9. The van der Waals surface area contributed by atoms with Crippen molar-refractivity contribution in [2.45, 2.75) is 71.4 Å². The number of nitrogens with zero attached hydrogens (tertiary/aromatic N) is 6. The fraction of sp³-hybridized carbons (Fsp3) is 0.400. The van der Waals surface area contributed by atoms with Gasteiger partial charge in [0.25, 0.3) is 16.0 Å². The lowest BCUT2D eigenvalue weighted by Crippen LogP contribution is -2.64. The molecule has 2 unspecified atom stereocenters. The van der Waals surface area contributed by atoms with Crippen LogP contribution in [0.5, 0.6) is 0 Å². The van der Waals surface area contributed by atoms with Crippen LogP contribution in [0.2, 0.25) is 0 Å². The van der Waals surface area contributed by atoms with Gasteiger partial charge in [0, 0.05) is 53.6 Å². The average molecular weight is 894 g/mol. The number of carboxylic acids is 1. The van der Waals surface area contributed by atoms with Gasteiger partial charge in [-0.2, -0.15) is 13.5 Å². The standard InChI is InChI=1S/C45H47N7O9S2/c1-27-32(19-47-52(27)26-44-21-42(2)20-43(3,22-44)24-45(23-42,25-44)61-16-14-51(41(56)57)15-17-63(58,59)60)29-9-11-33(48-37(29)39(54)55)28-8-10-34-31(18-28)30(12-13-46-34)38(53)50-40-49-35-6-4-5-7-36(35)62-40/h4-13,18-19H,14-17,20-26H2,1-3H3,(H,54,55)(H,56,57)(H,49,50,53)(H,58,59,60). The molecule has 328 valence electrons. The van der Waals surface area contributed by atoms with Gasteiger partial charge in [-0.1, -0.05) is 43.4 Å². The van der Waals surface area contributed by atoms with Crippen molar-refractivity contribution in [3.63, 3.8) is 0 Å². The molecule has 4 aromatic heterocycles. The summed E-state index contributed by atoms with van der Waals surface area (Å²) in [6.45, 7) is 6.80. The maximum absolute atomic E-state index is 13.6. The minimum atomic E-state index is -4.33. The molecule has 4 fully saturated rings. The molecule has 0 spiro atoms. The highest BCUT2D eigenvalue weighted by atomic mass is 32.2. The van der Waals surface area contributed by atoms with Crippen molar-refractivity contribution in [2.75, 3.05) is 30.8 Å². The van der Waals surface area contributed by atoms with Crippen molar-refractivity contribution < 1.29 is 42.3 Å². The number of benzene rings is 2. The first-order valence-electron chi connectivity index (χ1n) is 20.7. The van der Waals surface area contributed by atoms with E-state index in [-0.39, 0.29) is 47.5 Å². The lowest BCUT2D eigenvalue weighted by Gasteiger charge is -2.69. The van der Waals surface area contributed by atoms with Gasteiger partial charge in [-0.05, 0) is 104 Å². The van der Waals surface area contributed by atoms with Crippen molar-refractivity contribution in [1.82, 2.24) is 29.6 Å². The van der Waals surface area contributed by atoms with Gasteiger partial charge >= 0.3 is 12.1 Å². The van der Waals surface area contributed by atoms with Crippen LogP contribution in [0.1, 0.15) is 78.9 Å². The number of hydrogen-bond donors (Lipinski definition) is 4. The summed E-state index contributed by atoms with van der Waals surface area (Å²) in [5.41, 5.74) is 3.76. The molecule has 4 aliphatic rings. The number of pyridine rings is 2. The van der Waals surface area contributed by atoms with Crippen LogP contribution >= 0.6 is 11.3 Å². The number of fused-ring (bicyclic) bond motifs is 2. The van der Waals surface area contributed by atoms with Crippen LogP contribution in [0.15, 0.2) is 73.1 Å². The molecule has 16 nitrogen and oxygen atoms in total. The number of anilines is 1. The third-order valence-corrected chi connectivity index (χ3v) is 14.7. The SMILES string of the molecule is Cc1c(-c2ccc(-c3ccc4nccc(C(=O)Nc5nc6ccccc6s5)c4c3)nc2C(=O)O)cnn1CC12CC3(C)CC(C)(C1)CC(OCCN(CCS(=O)(=O)O)C(=O)O)(C3)C2. The fourth-order valence-corrected chi connectivity index (χ4v) is 13.1. The van der Waals surface area contributed by atoms with Gasteiger partial charge in [0.2, 0.25) is 0 Å². The Hall–Kier alpha value is -5.82. The summed E-state index contributed by atoms with van der Waals surface area (Å²) >= 11 is 1.38. The predicted octanol–water partition coefficient (Wildman–Crippen LogP) is 8.03. The van der Waals surface area contributed by atoms with Crippen molar-refractivity contribution in [1.29, 1.82) is 0 Å². The van der Waals surface area contributed by atoms with E-state index in [2.05, 4.69) is 34.1 Å². The van der Waals surface area contributed by atoms with Crippen LogP contribution in [0.3, 0.4) is 0 Å². The van der Waals surface area contributed by atoms with Crippen LogP contribution < -0.4 is 5.32 Å². The van der Waals surface area contributed by atoms with E-state index in [4.69, 9.17) is 9.84 Å². The number of hydrogen-bond acceptors (Lipinski definition) is 11. The Kier molecular flexibility index (Phi) is 10.4. The summed E-state index contributed by atoms with van der Waals surface area (Å²) in [5, 5.41) is 29.0. The van der Waals surface area contributed by atoms with Gasteiger partial charge in [-0.3, -0.25) is 24.3 Å². The highest BCUT2D eigenvalue weighted by Gasteiger charge is 2.66. The number of carboxylic acid groups (broad SMARTS) is 2. The number of carbonyl (C=O) groups excluding carboxylic acids is 1. The van der Waals surface area contributed by atoms with Gasteiger partial charge in [-0.25, -0.2) is 19.6 Å². The second-order valence-electron chi connectivity index (χ2n) is 18.5. The largest absolute Gasteiger partial charge is 0.476 e. The molecule has 18 heteroatoms. The molecule has 2 atom stereocenters. The lowest BCUT2D eigenvalue weighted by atomic mass is 9.39. The molecule has 0 saturated heterocycles. The second-order valence-corrected chi connectivity index (χ2v) is 21.1. The Morgan fingerprint density at radius 1 is 0.905 bits per heavy atom. The average Bonchev–Trinajstić information content (AvgIpc) is 3.77. The van der Waals surface area contributed by atoms with E-state index in [1.807, 2.05) is 35.9 Å². The zero-order valence-electron chi connectivity index (χ0n) is 35.0. The van der Waals surface area contributed by atoms with E-state index in [1.165, 1.54) is 11.3 Å². The predicted molar refractivity (Wildman–Crippen MR) is 237 cm³/mol. The molecule has 0 radical (unpaired) electrons. The van der Waals surface area contributed by atoms with Crippen LogP contribution in [0.4, 0.5) is 9.93 Å². The van der Waals surface area contributed by atoms with Crippen molar-refractivity contribution in [3.8, 4) is 22.4 Å². The first-order valence-corrected chi connectivity index (χ1v) is 23.2. The van der Waals surface area contributed by atoms with Gasteiger partial charge in [0.15, 0.2) is 10.8 Å². The number of aromatic nitrogens is 5. The highest BCUT2D eigenvalue weighted by Crippen LogP contribution is 2.72. The smallest absolute Gasteiger partial charge is 0.407 e. The molecule has 4 bridgehead atoms. The summed E-state index contributed by atoms with van der Waals surface area (Å²) < 4.78 is 41.4. The maximum atomic E-state index is 13.6. The summed E-state index contributed by atoms with van der Waals surface area (Å²) in [7, 11) is -4.33. The van der Waals surface area contributed by atoms with Crippen LogP contribution in [0.25, 0.3) is 43.5 Å². The summed E-state index contributed by atoms with van der Waals surface area (Å²) in [4.78, 5) is 53.0. The third kappa shape index (κ3) is 8.39.